The number of hydrogen-bond donors (Lipinski definition) is 1. The smallest absolute Gasteiger partial charge is 0.252 e. The van der Waals surface area contributed by atoms with Crippen LogP contribution in [-0.2, 0) is 21.2 Å². The van der Waals surface area contributed by atoms with Crippen molar-refractivity contribution in [2.24, 2.45) is 5.92 Å². The first kappa shape index (κ1) is 22.2. The third-order valence-electron chi connectivity index (χ3n) is 6.25. The van der Waals surface area contributed by atoms with E-state index in [1.807, 2.05) is 24.3 Å². The fourth-order valence-corrected chi connectivity index (χ4v) is 6.75. The fraction of sp³-hybridized carbons (Fsp3) is 0.435. The van der Waals surface area contributed by atoms with Crippen LogP contribution >= 0.6 is 11.3 Å². The number of carbonyl (C=O) groups is 1. The van der Waals surface area contributed by atoms with Crippen LogP contribution in [0.4, 0.5) is 5.69 Å². The molecule has 1 aliphatic carbocycles. The van der Waals surface area contributed by atoms with E-state index >= 15 is 0 Å². The van der Waals surface area contributed by atoms with Crippen LogP contribution in [0, 0.1) is 5.92 Å². The van der Waals surface area contributed by atoms with Gasteiger partial charge in [0.1, 0.15) is 4.21 Å². The molecule has 0 spiro atoms. The van der Waals surface area contributed by atoms with Gasteiger partial charge in [-0.1, -0.05) is 24.2 Å². The molecule has 33 heavy (non-hydrogen) atoms. The molecule has 174 valence electrons. The maximum Gasteiger partial charge on any atom is 0.252 e. The van der Waals surface area contributed by atoms with E-state index in [4.69, 9.17) is 4.52 Å². The molecule has 2 aromatic heterocycles. The zero-order valence-electron chi connectivity index (χ0n) is 18.4. The van der Waals surface area contributed by atoms with Crippen molar-refractivity contribution in [3.05, 3.63) is 47.2 Å². The molecule has 0 unspecified atom stereocenters. The Morgan fingerprint density at radius 2 is 1.91 bits per heavy atom. The van der Waals surface area contributed by atoms with Gasteiger partial charge in [-0.3, -0.25) is 4.79 Å². The van der Waals surface area contributed by atoms with Crippen molar-refractivity contribution < 1.29 is 17.7 Å². The molecule has 3 heterocycles. The summed E-state index contributed by atoms with van der Waals surface area (Å²) in [5.74, 6) is 1.14. The minimum Gasteiger partial charge on any atom is -0.339 e. The van der Waals surface area contributed by atoms with E-state index in [0.717, 1.165) is 36.3 Å². The molecular formula is C23H26N4O4S2. The van der Waals surface area contributed by atoms with Gasteiger partial charge in [-0.2, -0.15) is 9.29 Å². The Morgan fingerprint density at radius 3 is 2.58 bits per heavy atom. The lowest BCUT2D eigenvalue weighted by Gasteiger charge is -2.30. The lowest BCUT2D eigenvalue weighted by atomic mass is 9.97. The van der Waals surface area contributed by atoms with Gasteiger partial charge in [0.25, 0.3) is 10.0 Å². The van der Waals surface area contributed by atoms with Crippen LogP contribution in [0.25, 0.3) is 11.4 Å². The molecule has 1 aliphatic heterocycles. The van der Waals surface area contributed by atoms with E-state index in [0.29, 0.717) is 49.1 Å². The largest absolute Gasteiger partial charge is 0.339 e. The van der Waals surface area contributed by atoms with Crippen LogP contribution in [0.3, 0.4) is 0 Å². The van der Waals surface area contributed by atoms with Crippen molar-refractivity contribution in [3.63, 3.8) is 0 Å². The molecule has 1 saturated carbocycles. The quantitative estimate of drug-likeness (QED) is 0.534. The minimum absolute atomic E-state index is 0.0571. The summed E-state index contributed by atoms with van der Waals surface area (Å²) >= 11 is 1.16. The number of amides is 1. The van der Waals surface area contributed by atoms with Crippen molar-refractivity contribution in [3.8, 4) is 11.4 Å². The average molecular weight is 487 g/mol. The second kappa shape index (κ2) is 9.00. The number of aromatic nitrogens is 2. The number of hydrogen-bond acceptors (Lipinski definition) is 7. The SMILES string of the molecule is CCc1ccc(NC(=O)C2CCN(S(=O)(=O)c3cc(-c4noc(C5CC5)n4)cs3)CC2)cc1. The van der Waals surface area contributed by atoms with Gasteiger partial charge >= 0.3 is 0 Å². The number of rotatable bonds is 7. The van der Waals surface area contributed by atoms with E-state index in [2.05, 4.69) is 22.4 Å². The summed E-state index contributed by atoms with van der Waals surface area (Å²) < 4.78 is 33.3. The number of thiophene rings is 1. The minimum atomic E-state index is -3.63. The number of sulfonamides is 1. The van der Waals surface area contributed by atoms with Crippen LogP contribution in [0.5, 0.6) is 0 Å². The topological polar surface area (TPSA) is 105 Å². The molecule has 2 fully saturated rings. The molecule has 0 atom stereocenters. The molecule has 8 nitrogen and oxygen atoms in total. The molecular weight excluding hydrogens is 460 g/mol. The van der Waals surface area contributed by atoms with Gasteiger partial charge in [0.15, 0.2) is 0 Å². The number of aryl methyl sites for hydroxylation is 1. The summed E-state index contributed by atoms with van der Waals surface area (Å²) in [5, 5.41) is 8.70. The van der Waals surface area contributed by atoms with Crippen LogP contribution in [0.15, 0.2) is 44.4 Å². The van der Waals surface area contributed by atoms with Crippen molar-refractivity contribution in [1.82, 2.24) is 14.4 Å². The van der Waals surface area contributed by atoms with Gasteiger partial charge in [0.05, 0.1) is 0 Å². The highest BCUT2D eigenvalue weighted by Crippen LogP contribution is 2.40. The first-order valence-corrected chi connectivity index (χ1v) is 13.6. The molecule has 5 rings (SSSR count). The van der Waals surface area contributed by atoms with Crippen LogP contribution < -0.4 is 5.32 Å². The molecule has 1 N–H and O–H groups in total. The summed E-state index contributed by atoms with van der Waals surface area (Å²) in [6.07, 6.45) is 4.05. The Morgan fingerprint density at radius 1 is 1.18 bits per heavy atom. The molecule has 1 amide bonds. The van der Waals surface area contributed by atoms with Gasteiger partial charge in [0, 0.05) is 41.6 Å². The molecule has 1 aromatic carbocycles. The Hall–Kier alpha value is -2.56. The lowest BCUT2D eigenvalue weighted by molar-refractivity contribution is -0.120. The second-order valence-electron chi connectivity index (χ2n) is 8.60. The standard InChI is InChI=1S/C23H26N4O4S2/c1-2-15-3-7-19(8-4-15)24-22(28)16-9-11-27(12-10-16)33(29,30)20-13-18(14-32-20)21-25-23(31-26-21)17-5-6-17/h3-4,7-8,13-14,16-17H,2,5-6,9-12H2,1H3,(H,24,28). The predicted octanol–water partition coefficient (Wildman–Crippen LogP) is 4.28. The predicted molar refractivity (Wildman–Crippen MR) is 126 cm³/mol. The van der Waals surface area contributed by atoms with Crippen molar-refractivity contribution in [1.29, 1.82) is 0 Å². The monoisotopic (exact) mass is 486 g/mol. The summed E-state index contributed by atoms with van der Waals surface area (Å²) in [6, 6.07) is 9.42. The highest BCUT2D eigenvalue weighted by molar-refractivity contribution is 7.91. The second-order valence-corrected chi connectivity index (χ2v) is 11.7. The summed E-state index contributed by atoms with van der Waals surface area (Å²) in [5.41, 5.74) is 2.63. The van der Waals surface area contributed by atoms with Gasteiger partial charge in [-0.25, -0.2) is 8.42 Å². The van der Waals surface area contributed by atoms with Gasteiger partial charge in [-0.05, 0) is 55.9 Å². The normalized spacial score (nSPS) is 17.8. The van der Waals surface area contributed by atoms with Crippen LogP contribution in [-0.4, -0.2) is 41.9 Å². The van der Waals surface area contributed by atoms with Crippen LogP contribution in [0.1, 0.15) is 50.0 Å². The summed E-state index contributed by atoms with van der Waals surface area (Å²) in [4.78, 5) is 17.1. The van der Waals surface area contributed by atoms with E-state index in [1.165, 1.54) is 9.87 Å². The highest BCUT2D eigenvalue weighted by Gasteiger charge is 2.34. The highest BCUT2D eigenvalue weighted by atomic mass is 32.2. The molecule has 1 saturated heterocycles. The number of benzene rings is 1. The molecule has 0 bridgehead atoms. The molecule has 2 aliphatic rings. The Bertz CT molecular complexity index is 1240. The van der Waals surface area contributed by atoms with E-state index in [1.54, 1.807) is 11.4 Å². The Labute approximate surface area is 197 Å². The number of piperidine rings is 1. The van der Waals surface area contributed by atoms with Crippen molar-refractivity contribution in [2.75, 3.05) is 18.4 Å². The number of carbonyl (C=O) groups excluding carboxylic acids is 1. The summed E-state index contributed by atoms with van der Waals surface area (Å²) in [6.45, 7) is 2.72. The fourth-order valence-electron chi connectivity index (χ4n) is 3.97. The molecule has 3 aromatic rings. The summed E-state index contributed by atoms with van der Waals surface area (Å²) in [7, 11) is -3.63. The van der Waals surface area contributed by atoms with E-state index < -0.39 is 10.0 Å². The number of anilines is 1. The number of nitrogens with one attached hydrogen (secondary N) is 1. The van der Waals surface area contributed by atoms with Crippen molar-refractivity contribution >= 4 is 33.0 Å². The maximum absolute atomic E-state index is 13.2. The zero-order valence-corrected chi connectivity index (χ0v) is 20.0. The molecule has 0 radical (unpaired) electrons. The van der Waals surface area contributed by atoms with Crippen LogP contribution in [0.2, 0.25) is 0 Å². The maximum atomic E-state index is 13.2. The first-order valence-electron chi connectivity index (χ1n) is 11.3. The van der Waals surface area contributed by atoms with Crippen molar-refractivity contribution in [2.45, 2.75) is 49.2 Å². The lowest BCUT2D eigenvalue weighted by Crippen LogP contribution is -2.41. The Balaban J connectivity index is 1.20. The average Bonchev–Trinajstić information content (AvgIpc) is 3.34. The van der Waals surface area contributed by atoms with E-state index in [-0.39, 0.29) is 16.0 Å². The third kappa shape index (κ3) is 4.73. The van der Waals surface area contributed by atoms with Gasteiger partial charge in [-0.15, -0.1) is 11.3 Å². The molecule has 10 heteroatoms. The van der Waals surface area contributed by atoms with Gasteiger partial charge < -0.3 is 9.84 Å². The van der Waals surface area contributed by atoms with Gasteiger partial charge in [0.2, 0.25) is 17.6 Å². The third-order valence-corrected chi connectivity index (χ3v) is 9.56. The zero-order chi connectivity index (χ0) is 23.0. The van der Waals surface area contributed by atoms with E-state index in [9.17, 15) is 13.2 Å². The first-order chi connectivity index (χ1) is 15.9. The number of nitrogens with zero attached hydrogens (tertiary/aromatic N) is 3. The Kier molecular flexibility index (Phi) is 6.07.